The van der Waals surface area contributed by atoms with E-state index in [1.807, 2.05) is 37.8 Å². The molecular weight excluding hydrogens is 338 g/mol. The van der Waals surface area contributed by atoms with Gasteiger partial charge in [0.25, 0.3) is 5.91 Å². The van der Waals surface area contributed by atoms with Crippen LogP contribution in [0.5, 0.6) is 0 Å². The fourth-order valence-corrected chi connectivity index (χ4v) is 4.27. The summed E-state index contributed by atoms with van der Waals surface area (Å²) in [6, 6.07) is 6.04. The van der Waals surface area contributed by atoms with Gasteiger partial charge in [-0.25, -0.2) is 0 Å². The lowest BCUT2D eigenvalue weighted by Crippen LogP contribution is -2.31. The molecule has 0 bridgehead atoms. The lowest BCUT2D eigenvalue weighted by molar-refractivity contribution is 0.0736. The average Bonchev–Trinajstić information content (AvgIpc) is 3.23. The minimum atomic E-state index is 0.0267. The van der Waals surface area contributed by atoms with Crippen molar-refractivity contribution < 1.29 is 9.32 Å². The molecule has 1 saturated heterocycles. The Morgan fingerprint density at radius 1 is 1.19 bits per heavy atom. The summed E-state index contributed by atoms with van der Waals surface area (Å²) in [5, 5.41) is 5.02. The van der Waals surface area contributed by atoms with Gasteiger partial charge in [-0.15, -0.1) is 0 Å². The molecule has 3 aromatic rings. The van der Waals surface area contributed by atoms with Gasteiger partial charge in [-0.05, 0) is 64.7 Å². The second-order valence-electron chi connectivity index (χ2n) is 7.61. The smallest absolute Gasteiger partial charge is 0.255 e. The van der Waals surface area contributed by atoms with Crippen LogP contribution in [0.3, 0.4) is 0 Å². The third kappa shape index (κ3) is 2.82. The van der Waals surface area contributed by atoms with Crippen LogP contribution in [0.2, 0.25) is 0 Å². The number of carbonyl (C=O) groups is 1. The Bertz CT molecular complexity index is 1030. The molecule has 5 heteroatoms. The maximum atomic E-state index is 13.6. The topological polar surface area (TPSA) is 59.2 Å². The molecule has 1 unspecified atom stereocenters. The molecule has 0 N–H and O–H groups in total. The SMILES string of the molecule is Cc1cc(C(=O)N2CCCC2c2c(C)noc2C)c2ccc(C)c(C)c2n1. The van der Waals surface area contributed by atoms with Gasteiger partial charge >= 0.3 is 0 Å². The Labute approximate surface area is 159 Å². The highest BCUT2D eigenvalue weighted by atomic mass is 16.5. The van der Waals surface area contributed by atoms with Crippen molar-refractivity contribution >= 4 is 16.8 Å². The number of aryl methyl sites for hydroxylation is 5. The van der Waals surface area contributed by atoms with Crippen LogP contribution in [0.15, 0.2) is 22.7 Å². The fourth-order valence-electron chi connectivity index (χ4n) is 4.27. The summed E-state index contributed by atoms with van der Waals surface area (Å²) in [6.07, 6.45) is 1.93. The molecule has 0 saturated carbocycles. The van der Waals surface area contributed by atoms with Gasteiger partial charge in [0, 0.05) is 23.2 Å². The molecule has 3 heterocycles. The van der Waals surface area contributed by atoms with Crippen LogP contribution >= 0.6 is 0 Å². The molecule has 0 spiro atoms. The Kier molecular flexibility index (Phi) is 4.25. The average molecular weight is 363 g/mol. The van der Waals surface area contributed by atoms with Gasteiger partial charge in [0.05, 0.1) is 22.8 Å². The quantitative estimate of drug-likeness (QED) is 0.660. The second-order valence-corrected chi connectivity index (χ2v) is 7.61. The number of likely N-dealkylation sites (tertiary alicyclic amines) is 1. The molecule has 1 amide bonds. The number of hydrogen-bond donors (Lipinski definition) is 0. The van der Waals surface area contributed by atoms with E-state index >= 15 is 0 Å². The zero-order chi connectivity index (χ0) is 19.3. The van der Waals surface area contributed by atoms with Gasteiger partial charge in [-0.1, -0.05) is 17.3 Å². The first kappa shape index (κ1) is 17.7. The van der Waals surface area contributed by atoms with Crippen molar-refractivity contribution in [1.82, 2.24) is 15.0 Å². The number of aromatic nitrogens is 2. The second kappa shape index (κ2) is 6.48. The van der Waals surface area contributed by atoms with E-state index in [-0.39, 0.29) is 11.9 Å². The molecule has 1 fully saturated rings. The molecule has 0 aliphatic carbocycles. The van der Waals surface area contributed by atoms with Gasteiger partial charge in [0.1, 0.15) is 5.76 Å². The number of pyridine rings is 1. The highest BCUT2D eigenvalue weighted by Gasteiger charge is 2.35. The molecule has 1 aromatic carbocycles. The number of hydrogen-bond acceptors (Lipinski definition) is 4. The summed E-state index contributed by atoms with van der Waals surface area (Å²) in [5.74, 6) is 0.871. The zero-order valence-electron chi connectivity index (χ0n) is 16.6. The van der Waals surface area contributed by atoms with E-state index in [9.17, 15) is 4.79 Å². The first-order chi connectivity index (χ1) is 12.9. The molecule has 1 aliphatic heterocycles. The standard InChI is InChI=1S/C22H25N3O2/c1-12-8-9-17-18(11-13(2)23-21(17)14(12)3)22(26)25-10-6-7-19(25)20-15(4)24-27-16(20)5/h8-9,11,19H,6-7,10H2,1-5H3. The van der Waals surface area contributed by atoms with Crippen molar-refractivity contribution in [3.63, 3.8) is 0 Å². The van der Waals surface area contributed by atoms with E-state index in [0.29, 0.717) is 0 Å². The molecule has 4 rings (SSSR count). The number of carbonyl (C=O) groups excluding carboxylic acids is 1. The predicted octanol–water partition coefficient (Wildman–Crippen LogP) is 4.74. The lowest BCUT2D eigenvalue weighted by atomic mass is 9.99. The monoisotopic (exact) mass is 363 g/mol. The normalized spacial score (nSPS) is 17.1. The van der Waals surface area contributed by atoms with Crippen LogP contribution in [0.25, 0.3) is 10.9 Å². The summed E-state index contributed by atoms with van der Waals surface area (Å²) in [4.78, 5) is 20.3. The van der Waals surface area contributed by atoms with Crippen LogP contribution in [0, 0.1) is 34.6 Å². The molecule has 1 aliphatic rings. The number of nitrogens with zero attached hydrogens (tertiary/aromatic N) is 3. The largest absolute Gasteiger partial charge is 0.361 e. The van der Waals surface area contributed by atoms with E-state index in [2.05, 4.69) is 25.1 Å². The third-order valence-corrected chi connectivity index (χ3v) is 5.80. The molecule has 0 radical (unpaired) electrons. The maximum Gasteiger partial charge on any atom is 0.255 e. The number of amides is 1. The van der Waals surface area contributed by atoms with Crippen molar-refractivity contribution in [1.29, 1.82) is 0 Å². The van der Waals surface area contributed by atoms with E-state index in [0.717, 1.165) is 64.1 Å². The Hall–Kier alpha value is -2.69. The van der Waals surface area contributed by atoms with Gasteiger partial charge < -0.3 is 9.42 Å². The summed E-state index contributed by atoms with van der Waals surface area (Å²) < 4.78 is 5.36. The van der Waals surface area contributed by atoms with Gasteiger partial charge in [0.2, 0.25) is 0 Å². The maximum absolute atomic E-state index is 13.6. The Balaban J connectivity index is 1.82. The van der Waals surface area contributed by atoms with Crippen LogP contribution in [0.1, 0.15) is 63.1 Å². The van der Waals surface area contributed by atoms with Crippen LogP contribution in [-0.4, -0.2) is 27.5 Å². The van der Waals surface area contributed by atoms with Crippen molar-refractivity contribution in [2.24, 2.45) is 0 Å². The van der Waals surface area contributed by atoms with Gasteiger partial charge in [-0.2, -0.15) is 0 Å². The number of fused-ring (bicyclic) bond motifs is 1. The molecule has 5 nitrogen and oxygen atoms in total. The fraction of sp³-hybridized carbons (Fsp3) is 0.409. The number of benzene rings is 1. The van der Waals surface area contributed by atoms with Gasteiger partial charge in [-0.3, -0.25) is 9.78 Å². The summed E-state index contributed by atoms with van der Waals surface area (Å²) in [5.41, 5.74) is 6.78. The summed E-state index contributed by atoms with van der Waals surface area (Å²) in [7, 11) is 0. The molecule has 27 heavy (non-hydrogen) atoms. The van der Waals surface area contributed by atoms with E-state index < -0.39 is 0 Å². The van der Waals surface area contributed by atoms with Crippen molar-refractivity contribution in [2.75, 3.05) is 6.54 Å². The predicted molar refractivity (Wildman–Crippen MR) is 105 cm³/mol. The third-order valence-electron chi connectivity index (χ3n) is 5.80. The van der Waals surface area contributed by atoms with Crippen molar-refractivity contribution in [2.45, 2.75) is 53.5 Å². The molecule has 2 aromatic heterocycles. The van der Waals surface area contributed by atoms with Crippen LogP contribution in [-0.2, 0) is 0 Å². The molecule has 1 atom stereocenters. The molecule has 140 valence electrons. The van der Waals surface area contributed by atoms with Gasteiger partial charge in [0.15, 0.2) is 0 Å². The summed E-state index contributed by atoms with van der Waals surface area (Å²) in [6.45, 7) is 10.7. The van der Waals surface area contributed by atoms with Crippen LogP contribution in [0.4, 0.5) is 0 Å². The minimum absolute atomic E-state index is 0.0267. The molecular formula is C22H25N3O2. The zero-order valence-corrected chi connectivity index (χ0v) is 16.6. The first-order valence-electron chi connectivity index (χ1n) is 9.49. The summed E-state index contributed by atoms with van der Waals surface area (Å²) >= 11 is 0. The highest BCUT2D eigenvalue weighted by molar-refractivity contribution is 6.07. The minimum Gasteiger partial charge on any atom is -0.361 e. The van der Waals surface area contributed by atoms with E-state index in [4.69, 9.17) is 9.51 Å². The van der Waals surface area contributed by atoms with Crippen LogP contribution < -0.4 is 0 Å². The Morgan fingerprint density at radius 3 is 2.67 bits per heavy atom. The Morgan fingerprint density at radius 2 is 1.96 bits per heavy atom. The highest BCUT2D eigenvalue weighted by Crippen LogP contribution is 2.37. The first-order valence-corrected chi connectivity index (χ1v) is 9.49. The van der Waals surface area contributed by atoms with E-state index in [1.54, 1.807) is 0 Å². The number of rotatable bonds is 2. The van der Waals surface area contributed by atoms with Crippen molar-refractivity contribution in [3.8, 4) is 0 Å². The van der Waals surface area contributed by atoms with Crippen molar-refractivity contribution in [3.05, 3.63) is 57.6 Å². The lowest BCUT2D eigenvalue weighted by Gasteiger charge is -2.25. The van der Waals surface area contributed by atoms with E-state index in [1.165, 1.54) is 5.56 Å².